The van der Waals surface area contributed by atoms with E-state index in [1.807, 2.05) is 67.6 Å². The van der Waals surface area contributed by atoms with Crippen molar-refractivity contribution in [3.8, 4) is 23.0 Å². The molecule has 5 aromatic rings. The van der Waals surface area contributed by atoms with Crippen LogP contribution in [0.3, 0.4) is 0 Å². The molecule has 0 saturated heterocycles. The summed E-state index contributed by atoms with van der Waals surface area (Å²) in [6, 6.07) is 26.5. The van der Waals surface area contributed by atoms with Crippen LogP contribution < -0.4 is 33.8 Å². The normalized spacial score (nSPS) is 13.9. The summed E-state index contributed by atoms with van der Waals surface area (Å²) in [5, 5.41) is 12.3. The minimum absolute atomic E-state index is 0.111. The van der Waals surface area contributed by atoms with Gasteiger partial charge in [-0.25, -0.2) is 9.79 Å². The number of rotatable bonds is 15. The number of nitrogens with zero attached hydrogens (tertiary/aromatic N) is 3. The van der Waals surface area contributed by atoms with E-state index in [1.165, 1.54) is 22.8 Å². The number of carbonyl (C=O) groups excluding carboxylic acids is 1. The van der Waals surface area contributed by atoms with Gasteiger partial charge in [-0.2, -0.15) is 0 Å². The Labute approximate surface area is 315 Å². The van der Waals surface area contributed by atoms with Crippen LogP contribution >= 0.6 is 11.3 Å². The molecule has 0 saturated carbocycles. The predicted octanol–water partition coefficient (Wildman–Crippen LogP) is 6.77. The molecule has 0 N–H and O–H groups in total. The number of ether oxygens (including phenoxy) is 5. The molecule has 0 radical (unpaired) electrons. The molecule has 1 aliphatic rings. The van der Waals surface area contributed by atoms with Gasteiger partial charge in [0.1, 0.15) is 19.3 Å². The predicted molar refractivity (Wildman–Crippen MR) is 205 cm³/mol. The largest absolute Gasteiger partial charge is 0.490 e. The van der Waals surface area contributed by atoms with E-state index in [4.69, 9.17) is 28.7 Å². The number of carbonyl (C=O) groups is 1. The number of allylic oxidation sites excluding steroid dienone is 1. The third-order valence-corrected chi connectivity index (χ3v) is 9.46. The Morgan fingerprint density at radius 3 is 2.00 bits per heavy atom. The van der Waals surface area contributed by atoms with E-state index in [0.717, 1.165) is 22.5 Å². The Balaban J connectivity index is 1.43. The van der Waals surface area contributed by atoms with E-state index in [0.29, 0.717) is 46.5 Å². The molecule has 0 bridgehead atoms. The van der Waals surface area contributed by atoms with Gasteiger partial charge in [0, 0.05) is 5.70 Å². The van der Waals surface area contributed by atoms with Gasteiger partial charge < -0.3 is 23.7 Å². The summed E-state index contributed by atoms with van der Waals surface area (Å²) in [4.78, 5) is 44.6. The topological polar surface area (TPSA) is 141 Å². The van der Waals surface area contributed by atoms with Crippen LogP contribution in [0.15, 0.2) is 106 Å². The first-order valence-corrected chi connectivity index (χ1v) is 18.3. The Hall–Kier alpha value is -6.21. The quantitative estimate of drug-likeness (QED) is 0.0644. The summed E-state index contributed by atoms with van der Waals surface area (Å²) in [5.74, 6) is 0.860. The van der Waals surface area contributed by atoms with E-state index in [9.17, 15) is 19.7 Å². The van der Waals surface area contributed by atoms with Gasteiger partial charge in [0.15, 0.2) is 27.8 Å². The number of hydrogen-bond donors (Lipinski definition) is 0. The molecule has 6 rings (SSSR count). The van der Waals surface area contributed by atoms with Crippen molar-refractivity contribution in [1.82, 2.24) is 4.57 Å². The van der Waals surface area contributed by atoms with Crippen molar-refractivity contribution in [2.45, 2.75) is 47.0 Å². The van der Waals surface area contributed by atoms with Gasteiger partial charge in [0.05, 0.1) is 46.5 Å². The van der Waals surface area contributed by atoms with Crippen molar-refractivity contribution in [3.05, 3.63) is 149 Å². The standard InChI is InChI=1S/C41H39N3O9S/c1-5-49-33-20-29(18-19-32(33)52-24-27-14-10-8-11-15-27)38-37(40(46)51-7-3)26(4)43-39(45)36(54-41(43)42-38)22-30-21-34(50-6-2)35(23-31(30)44(47)48)53-25-28-16-12-9-13-17-28/h8-23,38H,5-7,24-25H2,1-4H3/b36-22-/t38-/m1/s1. The monoisotopic (exact) mass is 749 g/mol. The summed E-state index contributed by atoms with van der Waals surface area (Å²) < 4.78 is 30.8. The smallest absolute Gasteiger partial charge is 0.338 e. The third kappa shape index (κ3) is 8.21. The number of hydrogen-bond acceptors (Lipinski definition) is 11. The average Bonchev–Trinajstić information content (AvgIpc) is 3.49. The second-order valence-electron chi connectivity index (χ2n) is 12.0. The zero-order valence-corrected chi connectivity index (χ0v) is 31.1. The van der Waals surface area contributed by atoms with E-state index in [2.05, 4.69) is 0 Å². The fourth-order valence-electron chi connectivity index (χ4n) is 5.97. The minimum atomic E-state index is -0.850. The van der Waals surface area contributed by atoms with E-state index in [-0.39, 0.29) is 46.9 Å². The zero-order valence-electron chi connectivity index (χ0n) is 30.3. The lowest BCUT2D eigenvalue weighted by molar-refractivity contribution is -0.385. The van der Waals surface area contributed by atoms with Crippen molar-refractivity contribution >= 4 is 34.8 Å². The molecule has 2 heterocycles. The number of thiazole rings is 1. The van der Waals surface area contributed by atoms with Crippen molar-refractivity contribution in [1.29, 1.82) is 0 Å². The number of nitro groups is 1. The van der Waals surface area contributed by atoms with Crippen LogP contribution in [0.25, 0.3) is 11.8 Å². The molecule has 0 unspecified atom stereocenters. The van der Waals surface area contributed by atoms with Crippen molar-refractivity contribution < 1.29 is 33.4 Å². The highest BCUT2D eigenvalue weighted by Crippen LogP contribution is 2.38. The summed E-state index contributed by atoms with van der Waals surface area (Å²) in [6.07, 6.45) is 1.44. The van der Waals surface area contributed by atoms with Gasteiger partial charge in [0.2, 0.25) is 0 Å². The maximum atomic E-state index is 14.0. The SMILES string of the molecule is CCOC(=O)C1=C(C)n2c(s/c(=C\c3cc(OCC)c(OCc4ccccc4)cc3[N+](=O)[O-])c2=O)=N[C@@H]1c1ccc(OCc2ccccc2)c(OCC)c1. The summed E-state index contributed by atoms with van der Waals surface area (Å²) in [7, 11) is 0. The van der Waals surface area contributed by atoms with Gasteiger partial charge >= 0.3 is 5.97 Å². The number of benzene rings is 4. The van der Waals surface area contributed by atoms with Crippen molar-refractivity contribution in [3.63, 3.8) is 0 Å². The molecule has 278 valence electrons. The van der Waals surface area contributed by atoms with Gasteiger partial charge in [-0.1, -0.05) is 78.1 Å². The molecule has 1 aromatic heterocycles. The lowest BCUT2D eigenvalue weighted by atomic mass is 9.96. The molecule has 4 aromatic carbocycles. The average molecular weight is 750 g/mol. The van der Waals surface area contributed by atoms with E-state index in [1.54, 1.807) is 39.0 Å². The summed E-state index contributed by atoms with van der Waals surface area (Å²) in [5.41, 5.74) is 2.38. The Kier molecular flexibility index (Phi) is 11.9. The summed E-state index contributed by atoms with van der Waals surface area (Å²) >= 11 is 1.05. The van der Waals surface area contributed by atoms with Crippen molar-refractivity contribution in [2.75, 3.05) is 19.8 Å². The highest BCUT2D eigenvalue weighted by atomic mass is 32.1. The molecule has 0 amide bonds. The van der Waals surface area contributed by atoms with Crippen LogP contribution in [0, 0.1) is 10.1 Å². The molecule has 0 aliphatic carbocycles. The van der Waals surface area contributed by atoms with Crippen LogP contribution in [-0.2, 0) is 22.7 Å². The molecule has 54 heavy (non-hydrogen) atoms. The highest BCUT2D eigenvalue weighted by molar-refractivity contribution is 7.07. The first-order valence-electron chi connectivity index (χ1n) is 17.5. The molecular weight excluding hydrogens is 711 g/mol. The fourth-order valence-corrected chi connectivity index (χ4v) is 7.00. The first-order chi connectivity index (χ1) is 26.2. The summed E-state index contributed by atoms with van der Waals surface area (Å²) in [6.45, 7) is 8.28. The number of fused-ring (bicyclic) bond motifs is 1. The Morgan fingerprint density at radius 1 is 0.815 bits per heavy atom. The van der Waals surface area contributed by atoms with Crippen LogP contribution in [0.1, 0.15) is 56.0 Å². The third-order valence-electron chi connectivity index (χ3n) is 8.47. The highest BCUT2D eigenvalue weighted by Gasteiger charge is 2.32. The van der Waals surface area contributed by atoms with Crippen LogP contribution in [0.2, 0.25) is 0 Å². The van der Waals surface area contributed by atoms with Crippen LogP contribution in [-0.4, -0.2) is 35.3 Å². The molecular formula is C41H39N3O9S. The minimum Gasteiger partial charge on any atom is -0.490 e. The van der Waals surface area contributed by atoms with Crippen LogP contribution in [0.4, 0.5) is 5.69 Å². The number of nitro benzene ring substituents is 1. The molecule has 13 heteroatoms. The second-order valence-corrected chi connectivity index (χ2v) is 13.0. The molecule has 0 fully saturated rings. The fraction of sp³-hybridized carbons (Fsp3) is 0.244. The number of aromatic nitrogens is 1. The van der Waals surface area contributed by atoms with Crippen molar-refractivity contribution in [2.24, 2.45) is 4.99 Å². The molecule has 1 atom stereocenters. The van der Waals surface area contributed by atoms with Gasteiger partial charge in [-0.15, -0.1) is 0 Å². The Bertz CT molecular complexity index is 2370. The second kappa shape index (κ2) is 17.1. The van der Waals surface area contributed by atoms with Gasteiger partial charge in [-0.3, -0.25) is 19.5 Å². The van der Waals surface area contributed by atoms with E-state index >= 15 is 0 Å². The Morgan fingerprint density at radius 2 is 1.41 bits per heavy atom. The maximum Gasteiger partial charge on any atom is 0.338 e. The zero-order chi connectivity index (χ0) is 38.2. The molecule has 0 spiro atoms. The van der Waals surface area contributed by atoms with Crippen LogP contribution in [0.5, 0.6) is 23.0 Å². The molecule has 12 nitrogen and oxygen atoms in total. The maximum absolute atomic E-state index is 14.0. The molecule has 1 aliphatic heterocycles. The van der Waals surface area contributed by atoms with Gasteiger partial charge in [0.25, 0.3) is 11.2 Å². The lowest BCUT2D eigenvalue weighted by Crippen LogP contribution is -2.35. The first kappa shape index (κ1) is 37.5. The van der Waals surface area contributed by atoms with Gasteiger partial charge in [-0.05, 0) is 68.7 Å². The number of esters is 1. The van der Waals surface area contributed by atoms with E-state index < -0.39 is 22.5 Å². The lowest BCUT2D eigenvalue weighted by Gasteiger charge is -2.23.